The Morgan fingerprint density at radius 1 is 1.33 bits per heavy atom. The summed E-state index contributed by atoms with van der Waals surface area (Å²) in [7, 11) is -3.41. The Bertz CT molecular complexity index is 431. The van der Waals surface area contributed by atoms with Crippen LogP contribution >= 0.6 is 0 Å². The van der Waals surface area contributed by atoms with Gasteiger partial charge in [0.15, 0.2) is 0 Å². The number of anilines is 1. The van der Waals surface area contributed by atoms with Gasteiger partial charge in [0.25, 0.3) is 0 Å². The van der Waals surface area contributed by atoms with E-state index >= 15 is 0 Å². The molecule has 0 spiro atoms. The predicted octanol–water partition coefficient (Wildman–Crippen LogP) is 1.85. The van der Waals surface area contributed by atoms with Gasteiger partial charge in [-0.05, 0) is 32.4 Å². The van der Waals surface area contributed by atoms with Crippen molar-refractivity contribution in [2.75, 3.05) is 4.72 Å². The van der Waals surface area contributed by atoms with Crippen LogP contribution in [0.3, 0.4) is 0 Å². The van der Waals surface area contributed by atoms with Crippen LogP contribution in [0.4, 0.5) is 5.69 Å². The van der Waals surface area contributed by atoms with E-state index in [0.717, 1.165) is 0 Å². The Labute approximate surface area is 90.0 Å². The summed E-state index contributed by atoms with van der Waals surface area (Å²) in [5.74, 6) is -0.0563. The van der Waals surface area contributed by atoms with Crippen molar-refractivity contribution in [1.29, 1.82) is 0 Å². The molecule has 0 aliphatic rings. The van der Waals surface area contributed by atoms with Crippen LogP contribution in [0, 0.1) is 6.92 Å². The molecule has 0 heterocycles. The quantitative estimate of drug-likeness (QED) is 0.777. The molecule has 0 saturated carbocycles. The number of phenolic OH excluding ortho intramolecular Hbond substituents is 1. The molecular formula is C10H15NO3S. The normalized spacial score (nSPS) is 11.7. The van der Waals surface area contributed by atoms with Crippen LogP contribution in [0.25, 0.3) is 0 Å². The number of hydrogen-bond donors (Lipinski definition) is 2. The molecule has 15 heavy (non-hydrogen) atoms. The van der Waals surface area contributed by atoms with Crippen LogP contribution in [-0.4, -0.2) is 18.8 Å². The van der Waals surface area contributed by atoms with Gasteiger partial charge in [-0.3, -0.25) is 4.72 Å². The lowest BCUT2D eigenvalue weighted by molar-refractivity contribution is 0.477. The number of aromatic hydroxyl groups is 1. The SMILES string of the molecule is Cc1cccc(O)c1NS(=O)(=O)C(C)C. The molecule has 2 N–H and O–H groups in total. The minimum Gasteiger partial charge on any atom is -0.506 e. The smallest absolute Gasteiger partial charge is 0.235 e. The van der Waals surface area contributed by atoms with Crippen molar-refractivity contribution in [3.05, 3.63) is 23.8 Å². The second kappa shape index (κ2) is 4.10. The molecule has 1 aromatic carbocycles. The van der Waals surface area contributed by atoms with Crippen LogP contribution in [-0.2, 0) is 10.0 Å². The Morgan fingerprint density at radius 2 is 1.93 bits per heavy atom. The summed E-state index contributed by atoms with van der Waals surface area (Å²) >= 11 is 0. The van der Waals surface area contributed by atoms with Crippen molar-refractivity contribution in [3.8, 4) is 5.75 Å². The monoisotopic (exact) mass is 229 g/mol. The molecule has 5 heteroatoms. The van der Waals surface area contributed by atoms with E-state index in [0.29, 0.717) is 5.56 Å². The van der Waals surface area contributed by atoms with Gasteiger partial charge < -0.3 is 5.11 Å². The Balaban J connectivity index is 3.11. The standard InChI is InChI=1S/C10H15NO3S/c1-7(2)15(13,14)11-10-8(3)5-4-6-9(10)12/h4-7,11-12H,1-3H3. The zero-order valence-electron chi connectivity index (χ0n) is 8.98. The lowest BCUT2D eigenvalue weighted by atomic mass is 10.2. The van der Waals surface area contributed by atoms with E-state index in [2.05, 4.69) is 4.72 Å². The molecule has 0 unspecified atom stereocenters. The first-order chi connectivity index (χ1) is 6.84. The molecule has 0 saturated heterocycles. The average Bonchev–Trinajstić information content (AvgIpc) is 2.11. The zero-order chi connectivity index (χ0) is 11.6. The van der Waals surface area contributed by atoms with Gasteiger partial charge in [0.2, 0.25) is 10.0 Å². The largest absolute Gasteiger partial charge is 0.506 e. The molecule has 0 atom stereocenters. The molecule has 0 bridgehead atoms. The van der Waals surface area contributed by atoms with Crippen molar-refractivity contribution in [2.45, 2.75) is 26.0 Å². The molecule has 1 rings (SSSR count). The number of aryl methyl sites for hydroxylation is 1. The summed E-state index contributed by atoms with van der Waals surface area (Å²) in [5, 5.41) is 8.98. The molecule has 1 aromatic rings. The lowest BCUT2D eigenvalue weighted by Crippen LogP contribution is -2.22. The van der Waals surface area contributed by atoms with Crippen LogP contribution in [0.2, 0.25) is 0 Å². The van der Waals surface area contributed by atoms with Crippen LogP contribution in [0.1, 0.15) is 19.4 Å². The maximum atomic E-state index is 11.6. The number of hydrogen-bond acceptors (Lipinski definition) is 3. The molecule has 0 fully saturated rings. The Hall–Kier alpha value is -1.23. The summed E-state index contributed by atoms with van der Waals surface area (Å²) in [5.41, 5.74) is 0.949. The summed E-state index contributed by atoms with van der Waals surface area (Å²) in [6.07, 6.45) is 0. The summed E-state index contributed by atoms with van der Waals surface area (Å²) < 4.78 is 25.5. The number of sulfonamides is 1. The Morgan fingerprint density at radius 3 is 2.40 bits per heavy atom. The molecule has 4 nitrogen and oxygen atoms in total. The maximum Gasteiger partial charge on any atom is 0.235 e. The number of nitrogens with one attached hydrogen (secondary N) is 1. The molecule has 84 valence electrons. The van der Waals surface area contributed by atoms with E-state index < -0.39 is 15.3 Å². The van der Waals surface area contributed by atoms with E-state index in [4.69, 9.17) is 0 Å². The molecule has 0 aliphatic heterocycles. The first kappa shape index (κ1) is 11.8. The maximum absolute atomic E-state index is 11.6. The molecule has 0 radical (unpaired) electrons. The minimum atomic E-state index is -3.41. The highest BCUT2D eigenvalue weighted by Crippen LogP contribution is 2.27. The third-order valence-corrected chi connectivity index (χ3v) is 3.85. The third kappa shape index (κ3) is 2.62. The van der Waals surface area contributed by atoms with E-state index in [1.54, 1.807) is 32.9 Å². The lowest BCUT2D eigenvalue weighted by Gasteiger charge is -2.13. The van der Waals surface area contributed by atoms with Crippen molar-refractivity contribution in [1.82, 2.24) is 0 Å². The Kier molecular flexibility index (Phi) is 3.24. The van der Waals surface area contributed by atoms with Gasteiger partial charge in [0.1, 0.15) is 5.75 Å². The van der Waals surface area contributed by atoms with E-state index in [9.17, 15) is 13.5 Å². The van der Waals surface area contributed by atoms with Gasteiger partial charge in [-0.25, -0.2) is 8.42 Å². The van der Waals surface area contributed by atoms with Crippen molar-refractivity contribution in [2.24, 2.45) is 0 Å². The van der Waals surface area contributed by atoms with Gasteiger partial charge in [0.05, 0.1) is 10.9 Å². The number of para-hydroxylation sites is 1. The van der Waals surface area contributed by atoms with Gasteiger partial charge >= 0.3 is 0 Å². The molecular weight excluding hydrogens is 214 g/mol. The van der Waals surface area contributed by atoms with Gasteiger partial charge in [0, 0.05) is 0 Å². The molecule has 0 aromatic heterocycles. The second-order valence-corrected chi connectivity index (χ2v) is 5.90. The van der Waals surface area contributed by atoms with E-state index in [1.807, 2.05) is 0 Å². The van der Waals surface area contributed by atoms with Crippen LogP contribution in [0.5, 0.6) is 5.75 Å². The fraction of sp³-hybridized carbons (Fsp3) is 0.400. The molecule has 0 aliphatic carbocycles. The van der Waals surface area contributed by atoms with Gasteiger partial charge in [-0.2, -0.15) is 0 Å². The topological polar surface area (TPSA) is 66.4 Å². The van der Waals surface area contributed by atoms with Gasteiger partial charge in [-0.1, -0.05) is 12.1 Å². The van der Waals surface area contributed by atoms with Crippen molar-refractivity contribution >= 4 is 15.7 Å². The van der Waals surface area contributed by atoms with Gasteiger partial charge in [-0.15, -0.1) is 0 Å². The van der Waals surface area contributed by atoms with Crippen molar-refractivity contribution < 1.29 is 13.5 Å². The number of rotatable bonds is 3. The number of phenols is 1. The van der Waals surface area contributed by atoms with Crippen LogP contribution < -0.4 is 4.72 Å². The highest BCUT2D eigenvalue weighted by atomic mass is 32.2. The third-order valence-electron chi connectivity index (χ3n) is 2.12. The first-order valence-electron chi connectivity index (χ1n) is 4.65. The minimum absolute atomic E-state index is 0.0563. The highest BCUT2D eigenvalue weighted by molar-refractivity contribution is 7.93. The number of benzene rings is 1. The summed E-state index contributed by atoms with van der Waals surface area (Å²) in [6.45, 7) is 4.90. The fourth-order valence-electron chi connectivity index (χ4n) is 1.05. The van der Waals surface area contributed by atoms with E-state index in [-0.39, 0.29) is 11.4 Å². The predicted molar refractivity (Wildman–Crippen MR) is 60.5 cm³/mol. The summed E-state index contributed by atoms with van der Waals surface area (Å²) in [4.78, 5) is 0. The zero-order valence-corrected chi connectivity index (χ0v) is 9.80. The average molecular weight is 229 g/mol. The summed E-state index contributed by atoms with van der Waals surface area (Å²) in [6, 6.07) is 4.85. The molecule has 0 amide bonds. The van der Waals surface area contributed by atoms with Crippen LogP contribution in [0.15, 0.2) is 18.2 Å². The van der Waals surface area contributed by atoms with E-state index in [1.165, 1.54) is 6.07 Å². The first-order valence-corrected chi connectivity index (χ1v) is 6.19. The highest BCUT2D eigenvalue weighted by Gasteiger charge is 2.18. The second-order valence-electron chi connectivity index (χ2n) is 3.66. The fourth-order valence-corrected chi connectivity index (χ4v) is 1.83. The van der Waals surface area contributed by atoms with Crippen molar-refractivity contribution in [3.63, 3.8) is 0 Å².